The Balaban J connectivity index is 1.72. The summed E-state index contributed by atoms with van der Waals surface area (Å²) in [5.41, 5.74) is 0.825. The normalized spacial score (nSPS) is 16.0. The highest BCUT2D eigenvalue weighted by Crippen LogP contribution is 2.21. The maximum atomic E-state index is 13.3. The fourth-order valence-electron chi connectivity index (χ4n) is 3.41. The molecule has 0 radical (unpaired) electrons. The second kappa shape index (κ2) is 9.68. The molecule has 2 amide bonds. The molecule has 2 heterocycles. The summed E-state index contributed by atoms with van der Waals surface area (Å²) in [6.07, 6.45) is 3.10. The zero-order chi connectivity index (χ0) is 19.9. The van der Waals surface area contributed by atoms with Crippen LogP contribution in [0.1, 0.15) is 38.3 Å². The summed E-state index contributed by atoms with van der Waals surface area (Å²) < 4.78 is 0. The van der Waals surface area contributed by atoms with Gasteiger partial charge in [0.15, 0.2) is 5.13 Å². The highest BCUT2D eigenvalue weighted by atomic mass is 32.1. The van der Waals surface area contributed by atoms with Gasteiger partial charge in [-0.2, -0.15) is 0 Å². The molecule has 6 nitrogen and oxygen atoms in total. The number of anilines is 1. The lowest BCUT2D eigenvalue weighted by molar-refractivity contribution is -0.136. The summed E-state index contributed by atoms with van der Waals surface area (Å²) >= 11 is 1.62. The number of amides is 2. The van der Waals surface area contributed by atoms with Gasteiger partial charge in [0.1, 0.15) is 6.04 Å². The minimum absolute atomic E-state index is 0.0377. The van der Waals surface area contributed by atoms with E-state index in [1.807, 2.05) is 60.7 Å². The Morgan fingerprint density at radius 1 is 1.14 bits per heavy atom. The lowest BCUT2D eigenvalue weighted by Crippen LogP contribution is -2.44. The van der Waals surface area contributed by atoms with Crippen LogP contribution in [0.3, 0.4) is 0 Å². The van der Waals surface area contributed by atoms with Gasteiger partial charge in [0.05, 0.1) is 0 Å². The van der Waals surface area contributed by atoms with Crippen LogP contribution >= 0.6 is 11.3 Å². The van der Waals surface area contributed by atoms with E-state index in [0.29, 0.717) is 19.5 Å². The number of rotatable bonds is 6. The second-order valence-electron chi connectivity index (χ2n) is 7.49. The van der Waals surface area contributed by atoms with Crippen LogP contribution in [0.25, 0.3) is 0 Å². The third kappa shape index (κ3) is 5.32. The van der Waals surface area contributed by atoms with E-state index in [9.17, 15) is 9.59 Å². The molecule has 150 valence electrons. The number of benzene rings is 1. The van der Waals surface area contributed by atoms with Gasteiger partial charge in [-0.3, -0.25) is 9.59 Å². The molecule has 1 atom stereocenters. The fraction of sp³-hybridized carbons (Fsp3) is 0.476. The largest absolute Gasteiger partial charge is 0.346 e. The number of nitrogens with one attached hydrogen (secondary N) is 1. The van der Waals surface area contributed by atoms with Gasteiger partial charge in [-0.1, -0.05) is 44.2 Å². The molecule has 0 aliphatic carbocycles. The maximum absolute atomic E-state index is 13.3. The van der Waals surface area contributed by atoms with Gasteiger partial charge in [-0.15, -0.1) is 11.3 Å². The van der Waals surface area contributed by atoms with Crippen LogP contribution in [0.2, 0.25) is 0 Å². The van der Waals surface area contributed by atoms with E-state index in [0.717, 1.165) is 30.2 Å². The van der Waals surface area contributed by atoms with Gasteiger partial charge in [-0.05, 0) is 17.9 Å². The number of aromatic nitrogens is 1. The smallest absolute Gasteiger partial charge is 0.249 e. The maximum Gasteiger partial charge on any atom is 0.249 e. The molecule has 3 rings (SSSR count). The highest BCUT2D eigenvalue weighted by Gasteiger charge is 2.29. The Bertz CT molecular complexity index is 764. The zero-order valence-electron chi connectivity index (χ0n) is 16.5. The topological polar surface area (TPSA) is 65.5 Å². The standard InChI is InChI=1S/C21H28N4O2S/c1-16(2)15-18(26)23-19(17-7-4-3-5-8-17)20(27)24-10-6-11-25(13-12-24)21-22-9-14-28-21/h3-5,7-9,14,16,19H,6,10-13,15H2,1-2H3,(H,23,26). The lowest BCUT2D eigenvalue weighted by Gasteiger charge is -2.27. The summed E-state index contributed by atoms with van der Waals surface area (Å²) in [5, 5.41) is 5.94. The van der Waals surface area contributed by atoms with Gasteiger partial charge in [-0.25, -0.2) is 4.98 Å². The van der Waals surface area contributed by atoms with Gasteiger partial charge < -0.3 is 15.1 Å². The van der Waals surface area contributed by atoms with Crippen molar-refractivity contribution in [3.8, 4) is 0 Å². The molecule has 0 saturated carbocycles. The van der Waals surface area contributed by atoms with E-state index in [1.165, 1.54) is 0 Å². The van der Waals surface area contributed by atoms with Crippen molar-refractivity contribution in [3.63, 3.8) is 0 Å². The molecule has 1 fully saturated rings. The molecule has 28 heavy (non-hydrogen) atoms. The molecule has 1 aliphatic heterocycles. The Hall–Kier alpha value is -2.41. The van der Waals surface area contributed by atoms with E-state index >= 15 is 0 Å². The minimum atomic E-state index is -0.640. The molecule has 0 spiro atoms. The second-order valence-corrected chi connectivity index (χ2v) is 8.36. The quantitative estimate of drug-likeness (QED) is 0.809. The number of hydrogen-bond donors (Lipinski definition) is 1. The van der Waals surface area contributed by atoms with E-state index in [1.54, 1.807) is 11.3 Å². The summed E-state index contributed by atoms with van der Waals surface area (Å²) in [6.45, 7) is 6.95. The third-order valence-corrected chi connectivity index (χ3v) is 5.61. The van der Waals surface area contributed by atoms with Gasteiger partial charge in [0.25, 0.3) is 0 Å². The van der Waals surface area contributed by atoms with Gasteiger partial charge in [0, 0.05) is 44.2 Å². The molecule has 0 bridgehead atoms. The first kappa shape index (κ1) is 20.3. The minimum Gasteiger partial charge on any atom is -0.346 e. The van der Waals surface area contributed by atoms with Crippen LogP contribution in [0.15, 0.2) is 41.9 Å². The first-order valence-electron chi connectivity index (χ1n) is 9.82. The molecule has 2 aromatic rings. The molecular formula is C21H28N4O2S. The molecule has 1 aliphatic rings. The Kier molecular flexibility index (Phi) is 7.03. The highest BCUT2D eigenvalue weighted by molar-refractivity contribution is 7.13. The molecule has 1 aromatic carbocycles. The van der Waals surface area contributed by atoms with Crippen molar-refractivity contribution in [3.05, 3.63) is 47.5 Å². The monoisotopic (exact) mass is 400 g/mol. The Labute approximate surface area is 170 Å². The molecule has 1 N–H and O–H groups in total. The first-order chi connectivity index (χ1) is 13.5. The van der Waals surface area contributed by atoms with E-state index < -0.39 is 6.04 Å². The lowest BCUT2D eigenvalue weighted by atomic mass is 10.0. The Morgan fingerprint density at radius 2 is 1.93 bits per heavy atom. The average molecular weight is 401 g/mol. The summed E-state index contributed by atoms with van der Waals surface area (Å²) in [7, 11) is 0. The van der Waals surface area contributed by atoms with Gasteiger partial charge in [0.2, 0.25) is 11.8 Å². The number of hydrogen-bond acceptors (Lipinski definition) is 5. The predicted octanol–water partition coefficient (Wildman–Crippen LogP) is 3.09. The van der Waals surface area contributed by atoms with Crippen molar-refractivity contribution < 1.29 is 9.59 Å². The third-order valence-electron chi connectivity index (χ3n) is 4.78. The molecular weight excluding hydrogens is 372 g/mol. The van der Waals surface area contributed by atoms with Crippen LogP contribution in [0.4, 0.5) is 5.13 Å². The number of nitrogens with zero attached hydrogens (tertiary/aromatic N) is 3. The fourth-order valence-corrected chi connectivity index (χ4v) is 4.10. The van der Waals surface area contributed by atoms with Crippen molar-refractivity contribution in [1.82, 2.24) is 15.2 Å². The summed E-state index contributed by atoms with van der Waals surface area (Å²) in [5.74, 6) is 0.122. The van der Waals surface area contributed by atoms with E-state index in [4.69, 9.17) is 0 Å². The number of carbonyl (C=O) groups excluding carboxylic acids is 2. The van der Waals surface area contributed by atoms with Crippen LogP contribution < -0.4 is 10.2 Å². The summed E-state index contributed by atoms with van der Waals surface area (Å²) in [4.78, 5) is 34.2. The number of thiazole rings is 1. The molecule has 1 saturated heterocycles. The van der Waals surface area contributed by atoms with Crippen LogP contribution in [-0.2, 0) is 9.59 Å². The zero-order valence-corrected chi connectivity index (χ0v) is 17.3. The Morgan fingerprint density at radius 3 is 2.61 bits per heavy atom. The van der Waals surface area contributed by atoms with Crippen molar-refractivity contribution >= 4 is 28.3 Å². The van der Waals surface area contributed by atoms with Crippen LogP contribution in [0.5, 0.6) is 0 Å². The first-order valence-corrected chi connectivity index (χ1v) is 10.7. The van der Waals surface area contributed by atoms with Crippen LogP contribution in [-0.4, -0.2) is 47.9 Å². The van der Waals surface area contributed by atoms with Crippen molar-refractivity contribution in [2.75, 3.05) is 31.1 Å². The average Bonchev–Trinajstić information content (AvgIpc) is 3.10. The molecule has 1 unspecified atom stereocenters. The van der Waals surface area contributed by atoms with Crippen molar-refractivity contribution in [1.29, 1.82) is 0 Å². The van der Waals surface area contributed by atoms with Gasteiger partial charge >= 0.3 is 0 Å². The van der Waals surface area contributed by atoms with Crippen molar-refractivity contribution in [2.24, 2.45) is 5.92 Å². The van der Waals surface area contributed by atoms with E-state index in [2.05, 4.69) is 15.2 Å². The summed E-state index contributed by atoms with van der Waals surface area (Å²) in [6, 6.07) is 8.88. The van der Waals surface area contributed by atoms with Crippen LogP contribution in [0, 0.1) is 5.92 Å². The SMILES string of the molecule is CC(C)CC(=O)NC(C(=O)N1CCCN(c2nccs2)CC1)c1ccccc1. The van der Waals surface area contributed by atoms with Crippen molar-refractivity contribution in [2.45, 2.75) is 32.7 Å². The molecule has 1 aromatic heterocycles. The predicted molar refractivity (Wildman–Crippen MR) is 112 cm³/mol. The van der Waals surface area contributed by atoms with E-state index in [-0.39, 0.29) is 17.7 Å². The molecule has 7 heteroatoms. The number of carbonyl (C=O) groups is 2.